The molecule has 16 aromatic rings. The van der Waals surface area contributed by atoms with Crippen LogP contribution >= 0.6 is 39.9 Å². The molecule has 9 nitrogen and oxygen atoms in total. The summed E-state index contributed by atoms with van der Waals surface area (Å²) in [4.78, 5) is 29.7. The van der Waals surface area contributed by atoms with Gasteiger partial charge in [0.05, 0.1) is 33.5 Å². The van der Waals surface area contributed by atoms with E-state index in [9.17, 15) is 4.79 Å². The summed E-state index contributed by atoms with van der Waals surface area (Å²) in [7, 11) is 0. The summed E-state index contributed by atoms with van der Waals surface area (Å²) in [6.45, 7) is 0. The van der Waals surface area contributed by atoms with Gasteiger partial charge in [-0.3, -0.25) is 24.7 Å². The molecule has 394 valence electrons. The second kappa shape index (κ2) is 21.2. The number of nitrogens with zero attached hydrogens (tertiary/aromatic N) is 6. The van der Waals surface area contributed by atoms with Gasteiger partial charge >= 0.3 is 0 Å². The molecule has 0 aliphatic heterocycles. The Morgan fingerprint density at radius 3 is 1.38 bits per heavy atom. The van der Waals surface area contributed by atoms with Crippen molar-refractivity contribution in [2.75, 3.05) is 0 Å². The van der Waals surface area contributed by atoms with Gasteiger partial charge in [0.15, 0.2) is 0 Å². The molecule has 0 spiro atoms. The van der Waals surface area contributed by atoms with Gasteiger partial charge in [-0.25, -0.2) is 0 Å². The Hall–Kier alpha value is -9.56. The maximum atomic E-state index is 11.7. The van der Waals surface area contributed by atoms with E-state index < -0.39 is 5.41 Å². The van der Waals surface area contributed by atoms with E-state index in [1.807, 2.05) is 36.7 Å². The zero-order valence-electron chi connectivity index (χ0n) is 43.0. The quantitative estimate of drug-likeness (QED) is 0.121. The third kappa shape index (κ3) is 8.05. The van der Waals surface area contributed by atoms with Crippen LogP contribution in [0.25, 0.3) is 98.9 Å². The van der Waals surface area contributed by atoms with Crippen molar-refractivity contribution in [1.82, 2.24) is 29.1 Å². The number of pyridine rings is 4. The molecule has 0 radical (unpaired) electrons. The Labute approximate surface area is 496 Å². The van der Waals surface area contributed by atoms with E-state index in [2.05, 4.69) is 211 Å². The minimum absolute atomic E-state index is 0. The fourth-order valence-electron chi connectivity index (χ4n) is 12.2. The van der Waals surface area contributed by atoms with E-state index in [4.69, 9.17) is 18.8 Å². The van der Waals surface area contributed by atoms with E-state index >= 15 is 0 Å². The summed E-state index contributed by atoms with van der Waals surface area (Å²) in [6, 6.07) is 80.3. The first-order chi connectivity index (χ1) is 39.6. The molecule has 1 aliphatic rings. The monoisotopic (exact) mass is 1240 g/mol. The summed E-state index contributed by atoms with van der Waals surface area (Å²) in [6.07, 6.45) is 6.95. The molecule has 8 aromatic carbocycles. The Morgan fingerprint density at radius 2 is 0.805 bits per heavy atom. The largest absolute Gasteiger partial charge is 0.456 e. The standard InChI is InChI=1S/C35H21N3O.C24H14BrNO.C11H8N2O.CH4.HI/c1-2-10-22(11-3-1)38-25-14-8-12-23-31(25)33-26(38)18-19-28-34(33)32-24(13-9-15-27(32)39-28)35(23,29-16-4-6-20-36-29)30-17-5-7-21-37-30;25-17-10-6-12-20-23(17)24-21(27-20)14-13-19-22(24)16-9-4-5-11-18(16)26(19)15-7-2-1-3-8-15;14-11(9-5-1-3-7-12-9)10-6-2-4-8-13-10;;/h1-21H;1-14H;1-8H;1H4;1H. The molecule has 8 heterocycles. The maximum absolute atomic E-state index is 11.7. The first kappa shape index (κ1) is 51.9. The van der Waals surface area contributed by atoms with Gasteiger partial charge in [0.1, 0.15) is 39.1 Å². The van der Waals surface area contributed by atoms with Crippen LogP contribution in [0.15, 0.2) is 275 Å². The average Bonchev–Trinajstić information content (AvgIpc) is 1.95. The molecular weight excluding hydrogens is 1190 g/mol. The predicted molar refractivity (Wildman–Crippen MR) is 345 cm³/mol. The van der Waals surface area contributed by atoms with E-state index in [-0.39, 0.29) is 37.2 Å². The summed E-state index contributed by atoms with van der Waals surface area (Å²) < 4.78 is 18.5. The third-order valence-corrected chi connectivity index (χ3v) is 16.1. The number of carbonyl (C=O) groups is 1. The Balaban J connectivity index is 0.000000127. The van der Waals surface area contributed by atoms with Crippen LogP contribution in [-0.4, -0.2) is 34.9 Å². The summed E-state index contributed by atoms with van der Waals surface area (Å²) in [5.74, 6) is -0.147. The Morgan fingerprint density at radius 1 is 0.366 bits per heavy atom. The number of ketones is 1. The molecule has 0 saturated heterocycles. The highest BCUT2D eigenvalue weighted by Crippen LogP contribution is 2.55. The number of hydrogen-bond donors (Lipinski definition) is 0. The van der Waals surface area contributed by atoms with E-state index in [0.717, 1.165) is 82.3 Å². The van der Waals surface area contributed by atoms with Gasteiger partial charge < -0.3 is 18.0 Å². The zero-order chi connectivity index (χ0) is 53.3. The molecule has 8 aromatic heterocycles. The van der Waals surface area contributed by atoms with Crippen LogP contribution in [0, 0.1) is 0 Å². The van der Waals surface area contributed by atoms with Crippen molar-refractivity contribution in [2.45, 2.75) is 12.8 Å². The van der Waals surface area contributed by atoms with Crippen LogP contribution in [0.1, 0.15) is 46.1 Å². The van der Waals surface area contributed by atoms with Crippen molar-refractivity contribution in [1.29, 1.82) is 0 Å². The highest BCUT2D eigenvalue weighted by Gasteiger charge is 2.46. The molecule has 0 saturated carbocycles. The number of benzene rings is 8. The predicted octanol–water partition coefficient (Wildman–Crippen LogP) is 18.6. The fourth-order valence-corrected chi connectivity index (χ4v) is 12.8. The van der Waals surface area contributed by atoms with Gasteiger partial charge in [0, 0.05) is 83.7 Å². The summed E-state index contributed by atoms with van der Waals surface area (Å²) >= 11 is 3.73. The zero-order valence-corrected chi connectivity index (χ0v) is 46.9. The minimum Gasteiger partial charge on any atom is -0.456 e. The summed E-state index contributed by atoms with van der Waals surface area (Å²) in [5.41, 5.74) is 14.9. The average molecular weight is 1240 g/mol. The second-order valence-corrected chi connectivity index (χ2v) is 20.5. The minimum atomic E-state index is -0.757. The molecule has 1 aliphatic carbocycles. The molecule has 0 atom stereocenters. The van der Waals surface area contributed by atoms with Crippen molar-refractivity contribution in [3.63, 3.8) is 0 Å². The molecule has 17 rings (SSSR count). The number of aromatic nitrogens is 6. The van der Waals surface area contributed by atoms with Crippen molar-refractivity contribution in [3.8, 4) is 11.4 Å². The lowest BCUT2D eigenvalue weighted by molar-refractivity contribution is 0.102. The van der Waals surface area contributed by atoms with E-state index in [1.54, 1.807) is 48.8 Å². The smallest absolute Gasteiger partial charge is 0.229 e. The number of rotatable bonds is 6. The van der Waals surface area contributed by atoms with Gasteiger partial charge in [0.2, 0.25) is 5.78 Å². The topological polar surface area (TPSA) is 105 Å². The molecular formula is C71H48BrIN6O3. The second-order valence-electron chi connectivity index (χ2n) is 19.7. The Bertz CT molecular complexity index is 4950. The van der Waals surface area contributed by atoms with Gasteiger partial charge in [-0.15, -0.1) is 24.0 Å². The van der Waals surface area contributed by atoms with Crippen molar-refractivity contribution < 1.29 is 13.6 Å². The molecule has 0 bridgehead atoms. The van der Waals surface area contributed by atoms with Crippen LogP contribution in [-0.2, 0) is 5.41 Å². The number of fused-ring (bicyclic) bond motifs is 7. The first-order valence-electron chi connectivity index (χ1n) is 26.3. The molecule has 82 heavy (non-hydrogen) atoms. The van der Waals surface area contributed by atoms with Crippen LogP contribution in [0.4, 0.5) is 0 Å². The van der Waals surface area contributed by atoms with Gasteiger partial charge in [-0.05, 0) is 139 Å². The SMILES string of the molecule is Brc1cccc2oc3ccc4c(c5ccccc5n4-c4ccccc4)c3c12.C.I.O=C(c1ccccn1)c1ccccn1.c1ccc(-n2c3cccc4c3c3c5c(ccc32)oc2cccc(c25)C4(c2ccccn2)c2ccccn2)cc1. The van der Waals surface area contributed by atoms with Gasteiger partial charge in [-0.1, -0.05) is 133 Å². The molecule has 0 unspecified atom stereocenters. The number of halogens is 2. The van der Waals surface area contributed by atoms with E-state index in [0.29, 0.717) is 11.4 Å². The lowest BCUT2D eigenvalue weighted by Crippen LogP contribution is -2.33. The van der Waals surface area contributed by atoms with Crippen LogP contribution < -0.4 is 0 Å². The fraction of sp³-hybridized carbons (Fsp3) is 0.0282. The number of para-hydroxylation sites is 3. The van der Waals surface area contributed by atoms with Crippen LogP contribution in [0.2, 0.25) is 0 Å². The normalized spacial score (nSPS) is 12.2. The molecule has 0 amide bonds. The maximum Gasteiger partial charge on any atom is 0.229 e. The Kier molecular flexibility index (Phi) is 13.4. The van der Waals surface area contributed by atoms with Crippen LogP contribution in [0.5, 0.6) is 0 Å². The van der Waals surface area contributed by atoms with Gasteiger partial charge in [0.25, 0.3) is 0 Å². The van der Waals surface area contributed by atoms with E-state index in [1.165, 1.54) is 43.5 Å². The lowest BCUT2D eigenvalue weighted by Gasteiger charge is -2.35. The number of furan rings is 2. The lowest BCUT2D eigenvalue weighted by atomic mass is 9.68. The van der Waals surface area contributed by atoms with Crippen molar-refractivity contribution >= 4 is 133 Å². The number of carbonyl (C=O) groups excluding carboxylic acids is 1. The van der Waals surface area contributed by atoms with Crippen molar-refractivity contribution in [3.05, 3.63) is 300 Å². The van der Waals surface area contributed by atoms with Crippen LogP contribution in [0.3, 0.4) is 0 Å². The number of hydrogen-bond acceptors (Lipinski definition) is 7. The first-order valence-corrected chi connectivity index (χ1v) is 27.1. The highest BCUT2D eigenvalue weighted by molar-refractivity contribution is 14.0. The van der Waals surface area contributed by atoms with Crippen molar-refractivity contribution in [2.24, 2.45) is 0 Å². The molecule has 0 N–H and O–H groups in total. The third-order valence-electron chi connectivity index (χ3n) is 15.4. The highest BCUT2D eigenvalue weighted by atomic mass is 127. The molecule has 0 fully saturated rings. The summed E-state index contributed by atoms with van der Waals surface area (Å²) in [5, 5.41) is 9.46. The van der Waals surface area contributed by atoms with Gasteiger partial charge in [-0.2, -0.15) is 0 Å². The molecule has 11 heteroatoms.